The lowest BCUT2D eigenvalue weighted by molar-refractivity contribution is 0.0900. The first-order chi connectivity index (χ1) is 12.4. The number of nitrogens with two attached hydrogens (primary N) is 1. The van der Waals surface area contributed by atoms with Crippen molar-refractivity contribution in [3.8, 4) is 0 Å². The Morgan fingerprint density at radius 2 is 2.15 bits per heavy atom. The molecule has 1 unspecified atom stereocenters. The first-order valence-corrected chi connectivity index (χ1v) is 9.13. The summed E-state index contributed by atoms with van der Waals surface area (Å²) in [7, 11) is 0. The number of nitrogens with one attached hydrogen (secondary N) is 1. The average molecular weight is 376 g/mol. The van der Waals surface area contributed by atoms with Gasteiger partial charge in [0.05, 0.1) is 0 Å². The molecule has 1 aliphatic rings. The molecular weight excluding hydrogens is 353 g/mol. The van der Waals surface area contributed by atoms with Crippen molar-refractivity contribution in [1.82, 2.24) is 10.2 Å². The molecule has 1 heterocycles. The van der Waals surface area contributed by atoms with Gasteiger partial charge in [-0.25, -0.2) is 4.39 Å². The molecule has 3 N–H and O–H groups in total. The SMILES string of the molecule is Cc1ccc(N)cc1C(=O)NC1CCCN(Cc2ccc(F)cc2Cl)C1. The predicted molar refractivity (Wildman–Crippen MR) is 103 cm³/mol. The van der Waals surface area contributed by atoms with Crippen LogP contribution in [0.5, 0.6) is 0 Å². The van der Waals surface area contributed by atoms with Crippen molar-refractivity contribution < 1.29 is 9.18 Å². The Balaban J connectivity index is 1.63. The van der Waals surface area contributed by atoms with Crippen LogP contribution in [0.1, 0.15) is 34.3 Å². The van der Waals surface area contributed by atoms with Crippen LogP contribution < -0.4 is 11.1 Å². The molecule has 2 aromatic rings. The van der Waals surface area contributed by atoms with Gasteiger partial charge in [0.1, 0.15) is 5.82 Å². The number of carbonyl (C=O) groups excluding carboxylic acids is 1. The van der Waals surface area contributed by atoms with Crippen LogP contribution in [-0.4, -0.2) is 29.9 Å². The molecule has 6 heteroatoms. The Bertz CT molecular complexity index is 812. The highest BCUT2D eigenvalue weighted by atomic mass is 35.5. The lowest BCUT2D eigenvalue weighted by atomic mass is 10.0. The molecule has 0 saturated carbocycles. The second kappa shape index (κ2) is 8.06. The average Bonchev–Trinajstić information content (AvgIpc) is 2.60. The summed E-state index contributed by atoms with van der Waals surface area (Å²) in [5.41, 5.74) is 8.80. The van der Waals surface area contributed by atoms with Crippen molar-refractivity contribution in [2.45, 2.75) is 32.4 Å². The number of nitrogen functional groups attached to an aromatic ring is 1. The normalized spacial score (nSPS) is 17.9. The van der Waals surface area contributed by atoms with Gasteiger partial charge in [-0.15, -0.1) is 0 Å². The summed E-state index contributed by atoms with van der Waals surface area (Å²) < 4.78 is 13.2. The van der Waals surface area contributed by atoms with Crippen LogP contribution in [0.4, 0.5) is 10.1 Å². The molecule has 0 spiro atoms. The smallest absolute Gasteiger partial charge is 0.251 e. The van der Waals surface area contributed by atoms with E-state index in [4.69, 9.17) is 17.3 Å². The van der Waals surface area contributed by atoms with Crippen LogP contribution in [0, 0.1) is 12.7 Å². The molecule has 138 valence electrons. The summed E-state index contributed by atoms with van der Waals surface area (Å²) in [4.78, 5) is 14.8. The maximum Gasteiger partial charge on any atom is 0.251 e. The molecule has 1 atom stereocenters. The van der Waals surface area contributed by atoms with Gasteiger partial charge in [0, 0.05) is 35.4 Å². The van der Waals surface area contributed by atoms with E-state index in [1.54, 1.807) is 18.2 Å². The van der Waals surface area contributed by atoms with Gasteiger partial charge >= 0.3 is 0 Å². The van der Waals surface area contributed by atoms with E-state index in [1.165, 1.54) is 12.1 Å². The summed E-state index contributed by atoms with van der Waals surface area (Å²) in [6.07, 6.45) is 1.92. The summed E-state index contributed by atoms with van der Waals surface area (Å²) in [5.74, 6) is -0.429. The van der Waals surface area contributed by atoms with Gasteiger partial charge in [-0.1, -0.05) is 23.7 Å². The van der Waals surface area contributed by atoms with E-state index in [2.05, 4.69) is 10.2 Å². The minimum absolute atomic E-state index is 0.0660. The zero-order valence-corrected chi connectivity index (χ0v) is 15.5. The molecule has 0 aliphatic carbocycles. The first-order valence-electron chi connectivity index (χ1n) is 8.75. The molecule has 3 rings (SSSR count). The fourth-order valence-corrected chi connectivity index (χ4v) is 3.58. The van der Waals surface area contributed by atoms with Crippen LogP contribution >= 0.6 is 11.6 Å². The summed E-state index contributed by atoms with van der Waals surface area (Å²) in [5, 5.41) is 3.55. The quantitative estimate of drug-likeness (QED) is 0.800. The van der Waals surface area contributed by atoms with Crippen LogP contribution in [-0.2, 0) is 6.54 Å². The lowest BCUT2D eigenvalue weighted by Crippen LogP contribution is -2.47. The monoisotopic (exact) mass is 375 g/mol. The number of nitrogens with zero attached hydrogens (tertiary/aromatic N) is 1. The molecule has 1 amide bonds. The number of likely N-dealkylation sites (tertiary alicyclic amines) is 1. The third-order valence-electron chi connectivity index (χ3n) is 4.76. The number of aryl methyl sites for hydroxylation is 1. The molecule has 2 aromatic carbocycles. The number of benzene rings is 2. The Labute approximate surface area is 158 Å². The van der Waals surface area contributed by atoms with Gasteiger partial charge in [0.15, 0.2) is 0 Å². The largest absolute Gasteiger partial charge is 0.399 e. The van der Waals surface area contributed by atoms with Crippen molar-refractivity contribution in [1.29, 1.82) is 0 Å². The Morgan fingerprint density at radius 3 is 2.92 bits per heavy atom. The number of carbonyl (C=O) groups is 1. The molecular formula is C20H23ClFN3O. The van der Waals surface area contributed by atoms with E-state index in [0.717, 1.165) is 37.1 Å². The number of halogens is 2. The van der Waals surface area contributed by atoms with E-state index in [-0.39, 0.29) is 17.8 Å². The number of hydrogen-bond donors (Lipinski definition) is 2. The highest BCUT2D eigenvalue weighted by molar-refractivity contribution is 6.31. The van der Waals surface area contributed by atoms with Crippen molar-refractivity contribution in [3.05, 3.63) is 63.9 Å². The number of amides is 1. The molecule has 26 heavy (non-hydrogen) atoms. The number of anilines is 1. The molecule has 0 radical (unpaired) electrons. The topological polar surface area (TPSA) is 58.4 Å². The van der Waals surface area contributed by atoms with E-state index >= 15 is 0 Å². The van der Waals surface area contributed by atoms with Crippen LogP contribution in [0.15, 0.2) is 36.4 Å². The van der Waals surface area contributed by atoms with Gasteiger partial charge in [0.2, 0.25) is 0 Å². The highest BCUT2D eigenvalue weighted by Crippen LogP contribution is 2.21. The third-order valence-corrected chi connectivity index (χ3v) is 5.11. The van der Waals surface area contributed by atoms with E-state index in [1.807, 2.05) is 13.0 Å². The Hall–Kier alpha value is -2.11. The minimum atomic E-state index is -0.333. The molecule has 1 saturated heterocycles. The zero-order chi connectivity index (χ0) is 18.7. The van der Waals surface area contributed by atoms with Gasteiger partial charge in [0.25, 0.3) is 5.91 Å². The third kappa shape index (κ3) is 4.54. The predicted octanol–water partition coefficient (Wildman–Crippen LogP) is 3.76. The Kier molecular flexibility index (Phi) is 5.79. The number of rotatable bonds is 4. The van der Waals surface area contributed by atoms with Crippen LogP contribution in [0.25, 0.3) is 0 Å². The number of hydrogen-bond acceptors (Lipinski definition) is 3. The van der Waals surface area contributed by atoms with E-state index < -0.39 is 0 Å². The second-order valence-corrected chi connectivity index (χ2v) is 7.27. The summed E-state index contributed by atoms with van der Waals surface area (Å²) in [6, 6.07) is 9.90. The van der Waals surface area contributed by atoms with Crippen molar-refractivity contribution in [3.63, 3.8) is 0 Å². The van der Waals surface area contributed by atoms with Crippen molar-refractivity contribution in [2.75, 3.05) is 18.8 Å². The zero-order valence-electron chi connectivity index (χ0n) is 14.8. The fraction of sp³-hybridized carbons (Fsp3) is 0.350. The van der Waals surface area contributed by atoms with Crippen LogP contribution in [0.3, 0.4) is 0 Å². The summed E-state index contributed by atoms with van der Waals surface area (Å²) >= 11 is 6.13. The van der Waals surface area contributed by atoms with Crippen molar-refractivity contribution in [2.24, 2.45) is 0 Å². The maximum atomic E-state index is 13.2. The molecule has 1 aliphatic heterocycles. The van der Waals surface area contributed by atoms with Crippen molar-refractivity contribution >= 4 is 23.2 Å². The van der Waals surface area contributed by atoms with Gasteiger partial charge in [-0.05, 0) is 61.7 Å². The lowest BCUT2D eigenvalue weighted by Gasteiger charge is -2.33. The fourth-order valence-electron chi connectivity index (χ4n) is 3.36. The second-order valence-electron chi connectivity index (χ2n) is 6.86. The van der Waals surface area contributed by atoms with E-state index in [9.17, 15) is 9.18 Å². The van der Waals surface area contributed by atoms with Gasteiger partial charge in [-0.2, -0.15) is 0 Å². The van der Waals surface area contributed by atoms with E-state index in [0.29, 0.717) is 22.8 Å². The standard InChI is InChI=1S/C20H23ClFN3O/c1-13-4-7-16(23)10-18(13)20(26)24-17-3-2-8-25(12-17)11-14-5-6-15(22)9-19(14)21/h4-7,9-10,17H,2-3,8,11-12,23H2,1H3,(H,24,26). The van der Waals surface area contributed by atoms with Gasteiger partial charge in [-0.3, -0.25) is 9.69 Å². The highest BCUT2D eigenvalue weighted by Gasteiger charge is 2.23. The van der Waals surface area contributed by atoms with Gasteiger partial charge < -0.3 is 11.1 Å². The Morgan fingerprint density at radius 1 is 1.35 bits per heavy atom. The summed E-state index contributed by atoms with van der Waals surface area (Å²) in [6.45, 7) is 4.21. The molecule has 1 fully saturated rings. The molecule has 0 aromatic heterocycles. The van der Waals surface area contributed by atoms with Crippen LogP contribution in [0.2, 0.25) is 5.02 Å². The molecule has 4 nitrogen and oxygen atoms in total. The maximum absolute atomic E-state index is 13.2. The molecule has 0 bridgehead atoms. The minimum Gasteiger partial charge on any atom is -0.399 e. The first kappa shape index (κ1) is 18.7. The number of piperidine rings is 1.